The third-order valence-corrected chi connectivity index (χ3v) is 6.83. The Morgan fingerprint density at radius 3 is 2.79 bits per heavy atom. The fourth-order valence-corrected chi connectivity index (χ4v) is 4.95. The Labute approximate surface area is 193 Å². The molecule has 1 N–H and O–H groups in total. The number of carboxylic acid groups (broad SMARTS) is 1. The maximum Gasteiger partial charge on any atom is 0.305 e. The highest BCUT2D eigenvalue weighted by Crippen LogP contribution is 2.36. The first-order valence-corrected chi connectivity index (χ1v) is 11.8. The molecule has 1 unspecified atom stereocenters. The second-order valence-electron chi connectivity index (χ2n) is 9.06. The summed E-state index contributed by atoms with van der Waals surface area (Å²) >= 11 is 0. The summed E-state index contributed by atoms with van der Waals surface area (Å²) in [4.78, 5) is 30.6. The standard InChI is InChI=1S/C26H31FN2O4/c1-33-24-13-11-18(14-21(24)27)23(15-25(30)31)29-16-19(26(29)32)7-2-4-8-20-12-10-17-6-3-5-9-22(17)28-20/h10-14,19,23H,2-9,15-16H2,1H3,(H,30,31)/t19?,23-/m0/s1. The van der Waals surface area contributed by atoms with Gasteiger partial charge < -0.3 is 14.7 Å². The van der Waals surface area contributed by atoms with Crippen LogP contribution in [0.5, 0.6) is 5.75 Å². The van der Waals surface area contributed by atoms with E-state index < -0.39 is 17.8 Å². The van der Waals surface area contributed by atoms with Crippen molar-refractivity contribution in [2.75, 3.05) is 13.7 Å². The smallest absolute Gasteiger partial charge is 0.305 e. The van der Waals surface area contributed by atoms with Crippen molar-refractivity contribution in [3.63, 3.8) is 0 Å². The van der Waals surface area contributed by atoms with E-state index >= 15 is 0 Å². The largest absolute Gasteiger partial charge is 0.494 e. The second-order valence-corrected chi connectivity index (χ2v) is 9.06. The van der Waals surface area contributed by atoms with Gasteiger partial charge in [-0.3, -0.25) is 14.6 Å². The third-order valence-electron chi connectivity index (χ3n) is 6.83. The molecule has 1 aliphatic carbocycles. The molecule has 6 nitrogen and oxygen atoms in total. The number of aromatic nitrogens is 1. The maximum atomic E-state index is 14.2. The number of carboxylic acids is 1. The molecule has 2 heterocycles. The molecule has 0 saturated carbocycles. The minimum Gasteiger partial charge on any atom is -0.494 e. The lowest BCUT2D eigenvalue weighted by molar-refractivity contribution is -0.154. The molecule has 2 aliphatic rings. The van der Waals surface area contributed by atoms with Crippen LogP contribution in [-0.2, 0) is 28.9 Å². The van der Waals surface area contributed by atoms with E-state index in [4.69, 9.17) is 9.72 Å². The molecule has 4 rings (SSSR count). The Morgan fingerprint density at radius 1 is 1.24 bits per heavy atom. The zero-order chi connectivity index (χ0) is 23.4. The van der Waals surface area contributed by atoms with Crippen LogP contribution in [0.4, 0.5) is 4.39 Å². The van der Waals surface area contributed by atoms with Gasteiger partial charge in [0.1, 0.15) is 0 Å². The van der Waals surface area contributed by atoms with E-state index in [2.05, 4.69) is 12.1 Å². The van der Waals surface area contributed by atoms with E-state index in [0.717, 1.165) is 44.2 Å². The van der Waals surface area contributed by atoms with Crippen LogP contribution in [0.1, 0.15) is 67.1 Å². The molecule has 1 amide bonds. The summed E-state index contributed by atoms with van der Waals surface area (Å²) in [6.45, 7) is 0.502. The molecule has 1 fully saturated rings. The molecule has 1 saturated heterocycles. The van der Waals surface area contributed by atoms with Gasteiger partial charge in [0.15, 0.2) is 11.6 Å². The lowest BCUT2D eigenvalue weighted by atomic mass is 9.88. The average Bonchev–Trinajstić information content (AvgIpc) is 2.81. The van der Waals surface area contributed by atoms with Crippen molar-refractivity contribution in [1.29, 1.82) is 0 Å². The van der Waals surface area contributed by atoms with Gasteiger partial charge in [0, 0.05) is 17.9 Å². The number of fused-ring (bicyclic) bond motifs is 1. The molecule has 33 heavy (non-hydrogen) atoms. The van der Waals surface area contributed by atoms with Gasteiger partial charge in [0.05, 0.1) is 25.5 Å². The number of carbonyl (C=O) groups excluding carboxylic acids is 1. The summed E-state index contributed by atoms with van der Waals surface area (Å²) < 4.78 is 19.1. The number of ether oxygens (including phenoxy) is 1. The van der Waals surface area contributed by atoms with Crippen molar-refractivity contribution in [2.24, 2.45) is 5.92 Å². The van der Waals surface area contributed by atoms with Gasteiger partial charge in [-0.2, -0.15) is 0 Å². The molecule has 176 valence electrons. The zero-order valence-electron chi connectivity index (χ0n) is 19.1. The molecule has 7 heteroatoms. The van der Waals surface area contributed by atoms with Gasteiger partial charge in [0.25, 0.3) is 0 Å². The topological polar surface area (TPSA) is 79.7 Å². The summed E-state index contributed by atoms with van der Waals surface area (Å²) in [5, 5.41) is 9.33. The summed E-state index contributed by atoms with van der Waals surface area (Å²) in [6, 6.07) is 8.03. The van der Waals surface area contributed by atoms with Crippen LogP contribution < -0.4 is 4.74 Å². The molecule has 0 bridgehead atoms. The molecule has 1 aromatic carbocycles. The van der Waals surface area contributed by atoms with Crippen LogP contribution >= 0.6 is 0 Å². The predicted molar refractivity (Wildman–Crippen MR) is 122 cm³/mol. The molecule has 1 aromatic heterocycles. The number of aliphatic carboxylic acids is 1. The summed E-state index contributed by atoms with van der Waals surface area (Å²) in [5.41, 5.74) is 4.24. The minimum absolute atomic E-state index is 0.0515. The van der Waals surface area contributed by atoms with Crippen LogP contribution in [0.2, 0.25) is 0 Å². The Kier molecular flexibility index (Phi) is 7.26. The van der Waals surface area contributed by atoms with Gasteiger partial charge in [-0.15, -0.1) is 0 Å². The molecule has 2 atom stereocenters. The molecular formula is C26H31FN2O4. The highest BCUT2D eigenvalue weighted by atomic mass is 19.1. The number of methoxy groups -OCH3 is 1. The average molecular weight is 455 g/mol. The Balaban J connectivity index is 1.29. The fraction of sp³-hybridized carbons (Fsp3) is 0.500. The number of aryl methyl sites for hydroxylation is 3. The van der Waals surface area contributed by atoms with Crippen LogP contribution in [-0.4, -0.2) is 40.5 Å². The number of nitrogens with zero attached hydrogens (tertiary/aromatic N) is 2. The Morgan fingerprint density at radius 2 is 2.06 bits per heavy atom. The van der Waals surface area contributed by atoms with Crippen molar-refractivity contribution in [2.45, 2.75) is 63.8 Å². The van der Waals surface area contributed by atoms with E-state index in [0.29, 0.717) is 12.1 Å². The van der Waals surface area contributed by atoms with Crippen molar-refractivity contribution in [1.82, 2.24) is 9.88 Å². The van der Waals surface area contributed by atoms with Crippen LogP contribution in [0, 0.1) is 11.7 Å². The Bertz CT molecular complexity index is 1030. The van der Waals surface area contributed by atoms with E-state index in [-0.39, 0.29) is 24.0 Å². The van der Waals surface area contributed by atoms with Crippen molar-refractivity contribution < 1.29 is 23.8 Å². The summed E-state index contributed by atoms with van der Waals surface area (Å²) in [7, 11) is 1.37. The molecule has 0 radical (unpaired) electrons. The van der Waals surface area contributed by atoms with Crippen molar-refractivity contribution in [3.8, 4) is 5.75 Å². The third kappa shape index (κ3) is 5.34. The SMILES string of the molecule is COc1ccc([C@H](CC(=O)O)N2CC(CCCCc3ccc4c(n3)CCCC4)C2=O)cc1F. The molecule has 2 aromatic rings. The fourth-order valence-electron chi connectivity index (χ4n) is 4.95. The number of benzene rings is 1. The van der Waals surface area contributed by atoms with Gasteiger partial charge in [-0.05, 0) is 74.3 Å². The van der Waals surface area contributed by atoms with Gasteiger partial charge in [-0.1, -0.05) is 18.6 Å². The van der Waals surface area contributed by atoms with Gasteiger partial charge in [0.2, 0.25) is 5.91 Å². The van der Waals surface area contributed by atoms with Crippen molar-refractivity contribution >= 4 is 11.9 Å². The van der Waals surface area contributed by atoms with E-state index in [1.165, 1.54) is 43.3 Å². The zero-order valence-corrected chi connectivity index (χ0v) is 19.1. The normalized spacial score (nSPS) is 18.4. The van der Waals surface area contributed by atoms with Crippen molar-refractivity contribution in [3.05, 3.63) is 58.7 Å². The lowest BCUT2D eigenvalue weighted by Gasteiger charge is -2.43. The minimum atomic E-state index is -1.02. The highest BCUT2D eigenvalue weighted by Gasteiger charge is 2.41. The number of pyridine rings is 1. The summed E-state index contributed by atoms with van der Waals surface area (Å²) in [5.74, 6) is -1.64. The van der Waals surface area contributed by atoms with Gasteiger partial charge in [-0.25, -0.2) is 4.39 Å². The first-order valence-electron chi connectivity index (χ1n) is 11.8. The molecular weight excluding hydrogens is 423 g/mol. The maximum absolute atomic E-state index is 14.2. The first kappa shape index (κ1) is 23.2. The number of unbranched alkanes of at least 4 members (excludes halogenated alkanes) is 1. The number of rotatable bonds is 10. The number of β-lactam (4-membered cyclic amide) rings is 1. The Hall–Kier alpha value is -2.96. The van der Waals surface area contributed by atoms with Gasteiger partial charge >= 0.3 is 5.97 Å². The lowest BCUT2D eigenvalue weighted by Crippen LogP contribution is -2.54. The van der Waals surface area contributed by atoms with E-state index in [1.54, 1.807) is 11.0 Å². The summed E-state index contributed by atoms with van der Waals surface area (Å²) in [6.07, 6.45) is 7.99. The highest BCUT2D eigenvalue weighted by molar-refractivity contribution is 5.85. The number of halogens is 1. The predicted octanol–water partition coefficient (Wildman–Crippen LogP) is 4.50. The van der Waals surface area contributed by atoms with Crippen LogP contribution in [0.3, 0.4) is 0 Å². The monoisotopic (exact) mass is 454 g/mol. The number of hydrogen-bond donors (Lipinski definition) is 1. The van der Waals surface area contributed by atoms with Crippen LogP contribution in [0.25, 0.3) is 0 Å². The van der Waals surface area contributed by atoms with Crippen LogP contribution in [0.15, 0.2) is 30.3 Å². The number of hydrogen-bond acceptors (Lipinski definition) is 4. The first-order chi connectivity index (χ1) is 16.0. The van der Waals surface area contributed by atoms with E-state index in [9.17, 15) is 19.1 Å². The van der Waals surface area contributed by atoms with E-state index in [1.807, 2.05) is 0 Å². The molecule has 1 aliphatic heterocycles. The molecule has 0 spiro atoms. The number of carbonyl (C=O) groups is 2. The number of likely N-dealkylation sites (tertiary alicyclic amines) is 1. The number of amides is 1. The second kappa shape index (κ2) is 10.3. The quantitative estimate of drug-likeness (QED) is 0.423.